The second-order valence-corrected chi connectivity index (χ2v) is 19.6. The van der Waals surface area contributed by atoms with Gasteiger partial charge in [0.05, 0.1) is 0 Å². The van der Waals surface area contributed by atoms with Gasteiger partial charge in [-0.05, 0) is 0 Å². The van der Waals surface area contributed by atoms with Crippen molar-refractivity contribution in [3.05, 3.63) is 29.3 Å². The SMILES string of the molecule is CCC[CH2][Sn]([CH2]CCC)([CH2]CCC)[c]1c(C#N)cccc1C#N. The summed E-state index contributed by atoms with van der Waals surface area (Å²) in [4.78, 5) is 0. The molecule has 0 saturated carbocycles. The van der Waals surface area contributed by atoms with E-state index in [-0.39, 0.29) is 0 Å². The molecule has 0 heterocycles. The summed E-state index contributed by atoms with van der Waals surface area (Å²) in [5, 5.41) is 19.3. The van der Waals surface area contributed by atoms with Gasteiger partial charge in [0.1, 0.15) is 0 Å². The first-order valence-corrected chi connectivity index (χ1v) is 16.6. The van der Waals surface area contributed by atoms with Crippen molar-refractivity contribution in [2.45, 2.75) is 72.6 Å². The van der Waals surface area contributed by atoms with E-state index in [0.717, 1.165) is 11.1 Å². The zero-order chi connectivity index (χ0) is 17.1. The summed E-state index contributed by atoms with van der Waals surface area (Å²) in [6.45, 7) is 6.74. The maximum absolute atomic E-state index is 9.65. The van der Waals surface area contributed by atoms with Crippen molar-refractivity contribution in [3.8, 4) is 12.1 Å². The number of hydrogen-bond donors (Lipinski definition) is 0. The van der Waals surface area contributed by atoms with E-state index in [9.17, 15) is 10.5 Å². The van der Waals surface area contributed by atoms with Crippen LogP contribution in [0.25, 0.3) is 0 Å². The van der Waals surface area contributed by atoms with Gasteiger partial charge in [0.15, 0.2) is 0 Å². The molecule has 0 aromatic heterocycles. The molecule has 1 aromatic carbocycles. The average molecular weight is 417 g/mol. The van der Waals surface area contributed by atoms with Crippen LogP contribution in [0.5, 0.6) is 0 Å². The number of rotatable bonds is 10. The first kappa shape index (κ1) is 20.0. The fourth-order valence-electron chi connectivity index (χ4n) is 3.61. The third kappa shape index (κ3) is 5.25. The van der Waals surface area contributed by atoms with Gasteiger partial charge >= 0.3 is 147 Å². The molecule has 2 nitrogen and oxygen atoms in total. The van der Waals surface area contributed by atoms with Crippen LogP contribution in [0.15, 0.2) is 18.2 Å². The van der Waals surface area contributed by atoms with E-state index >= 15 is 0 Å². The van der Waals surface area contributed by atoms with Crippen LogP contribution in [-0.4, -0.2) is 18.4 Å². The maximum atomic E-state index is 9.65. The Balaban J connectivity index is 3.47. The molecule has 23 heavy (non-hydrogen) atoms. The fourth-order valence-corrected chi connectivity index (χ4v) is 20.8. The number of hydrogen-bond acceptors (Lipinski definition) is 2. The van der Waals surface area contributed by atoms with Crippen molar-refractivity contribution in [1.82, 2.24) is 0 Å². The molecule has 3 heteroatoms. The summed E-state index contributed by atoms with van der Waals surface area (Å²) < 4.78 is 5.11. The van der Waals surface area contributed by atoms with Crippen LogP contribution >= 0.6 is 0 Å². The van der Waals surface area contributed by atoms with E-state index in [1.54, 1.807) is 0 Å². The van der Waals surface area contributed by atoms with E-state index in [1.807, 2.05) is 18.2 Å². The Kier molecular flexibility index (Phi) is 9.34. The molecule has 0 N–H and O–H groups in total. The first-order valence-electron chi connectivity index (χ1n) is 9.12. The quantitative estimate of drug-likeness (QED) is 0.473. The second-order valence-electron chi connectivity index (χ2n) is 6.54. The number of unbranched alkanes of at least 4 members (excludes halogenated alkanes) is 3. The van der Waals surface area contributed by atoms with Crippen molar-refractivity contribution in [3.63, 3.8) is 0 Å². The summed E-state index contributed by atoms with van der Waals surface area (Å²) >= 11 is -2.73. The molecule has 1 aromatic rings. The van der Waals surface area contributed by atoms with Gasteiger partial charge in [-0.15, -0.1) is 0 Å². The molecular weight excluding hydrogens is 387 g/mol. The van der Waals surface area contributed by atoms with E-state index in [0.29, 0.717) is 0 Å². The molecule has 1 rings (SSSR count). The molecule has 0 fully saturated rings. The zero-order valence-corrected chi connectivity index (χ0v) is 17.8. The van der Waals surface area contributed by atoms with Gasteiger partial charge in [-0.3, -0.25) is 0 Å². The third-order valence-corrected chi connectivity index (χ3v) is 20.6. The van der Waals surface area contributed by atoms with Crippen molar-refractivity contribution in [2.75, 3.05) is 0 Å². The summed E-state index contributed by atoms with van der Waals surface area (Å²) in [5.41, 5.74) is 1.59. The average Bonchev–Trinajstić information content (AvgIpc) is 2.60. The predicted octanol–water partition coefficient (Wildman–Crippen LogP) is 5.49. The van der Waals surface area contributed by atoms with Gasteiger partial charge < -0.3 is 0 Å². The Morgan fingerprint density at radius 3 is 1.48 bits per heavy atom. The van der Waals surface area contributed by atoms with Crippen molar-refractivity contribution in [2.24, 2.45) is 0 Å². The molecular formula is C20H30N2Sn. The minimum atomic E-state index is -2.73. The molecule has 0 radical (unpaired) electrons. The van der Waals surface area contributed by atoms with Crippen LogP contribution < -0.4 is 3.58 Å². The monoisotopic (exact) mass is 418 g/mol. The van der Waals surface area contributed by atoms with Gasteiger partial charge in [0.25, 0.3) is 0 Å². The van der Waals surface area contributed by atoms with Crippen LogP contribution in [0.1, 0.15) is 70.4 Å². The number of nitrogens with zero attached hydrogens (tertiary/aromatic N) is 2. The van der Waals surface area contributed by atoms with Crippen molar-refractivity contribution >= 4 is 22.0 Å². The Morgan fingerprint density at radius 2 is 1.17 bits per heavy atom. The fraction of sp³-hybridized carbons (Fsp3) is 0.600. The Bertz CT molecular complexity index is 512. The van der Waals surface area contributed by atoms with Crippen LogP contribution in [0.2, 0.25) is 13.3 Å². The number of benzene rings is 1. The van der Waals surface area contributed by atoms with Crippen LogP contribution in [0.3, 0.4) is 0 Å². The summed E-state index contributed by atoms with van der Waals surface area (Å²) in [5.74, 6) is 0. The Hall–Kier alpha value is -1.00. The molecule has 0 saturated heterocycles. The van der Waals surface area contributed by atoms with E-state index < -0.39 is 18.4 Å². The molecule has 0 aliphatic heterocycles. The Labute approximate surface area is 146 Å². The van der Waals surface area contributed by atoms with Crippen LogP contribution in [-0.2, 0) is 0 Å². The molecule has 0 amide bonds. The van der Waals surface area contributed by atoms with Crippen LogP contribution in [0.4, 0.5) is 0 Å². The standard InChI is InChI=1S/C8H3N2.3C4H9.Sn/c9-5-7-2-1-3-8(4-7)6-10;3*1-3-4-2;/h1-3H;3*1,3-4H2,2H3;. The first-order chi connectivity index (χ1) is 11.2. The van der Waals surface area contributed by atoms with Gasteiger partial charge in [-0.2, -0.15) is 0 Å². The number of nitriles is 2. The molecule has 0 atom stereocenters. The van der Waals surface area contributed by atoms with Crippen molar-refractivity contribution in [1.29, 1.82) is 10.5 Å². The van der Waals surface area contributed by atoms with Crippen LogP contribution in [0, 0.1) is 22.7 Å². The van der Waals surface area contributed by atoms with E-state index in [4.69, 9.17) is 0 Å². The molecule has 0 spiro atoms. The minimum absolute atomic E-state index is 0.795. The van der Waals surface area contributed by atoms with Gasteiger partial charge in [-0.25, -0.2) is 0 Å². The zero-order valence-electron chi connectivity index (χ0n) is 15.0. The van der Waals surface area contributed by atoms with Gasteiger partial charge in [0, 0.05) is 0 Å². The van der Waals surface area contributed by atoms with Gasteiger partial charge in [0.2, 0.25) is 0 Å². The molecule has 0 unspecified atom stereocenters. The third-order valence-electron chi connectivity index (χ3n) is 4.86. The topological polar surface area (TPSA) is 47.6 Å². The predicted molar refractivity (Wildman–Crippen MR) is 100 cm³/mol. The molecule has 0 aliphatic rings. The molecule has 0 aliphatic carbocycles. The molecule has 0 bridgehead atoms. The summed E-state index contributed by atoms with van der Waals surface area (Å²) in [6, 6.07) is 10.6. The van der Waals surface area contributed by atoms with E-state index in [1.165, 1.54) is 55.4 Å². The summed E-state index contributed by atoms with van der Waals surface area (Å²) in [7, 11) is 0. The van der Waals surface area contributed by atoms with E-state index in [2.05, 4.69) is 32.9 Å². The second kappa shape index (κ2) is 10.7. The normalized spacial score (nSPS) is 11.0. The summed E-state index contributed by atoms with van der Waals surface area (Å²) in [6.07, 6.45) is 7.34. The molecule has 124 valence electrons. The van der Waals surface area contributed by atoms with Gasteiger partial charge in [-0.1, -0.05) is 0 Å². The Morgan fingerprint density at radius 1 is 0.783 bits per heavy atom. The van der Waals surface area contributed by atoms with Crippen molar-refractivity contribution < 1.29 is 0 Å².